The number of ether oxygens (including phenoxy) is 1. The molecule has 94 valence electrons. The Morgan fingerprint density at radius 1 is 0.889 bits per heavy atom. The van der Waals surface area contributed by atoms with E-state index in [0.29, 0.717) is 0 Å². The number of benzene rings is 2. The summed E-state index contributed by atoms with van der Waals surface area (Å²) >= 11 is 0. The Morgan fingerprint density at radius 3 is 2.28 bits per heavy atom. The molecule has 3 nitrogen and oxygen atoms in total. The van der Waals surface area contributed by atoms with E-state index < -0.39 is 0 Å². The molecule has 2 aromatic rings. The first kappa shape index (κ1) is 12.3. The van der Waals surface area contributed by atoms with E-state index in [4.69, 9.17) is 4.74 Å². The number of phenols is 2. The van der Waals surface area contributed by atoms with Crippen molar-refractivity contribution in [3.8, 4) is 17.2 Å². The van der Waals surface area contributed by atoms with E-state index in [0.717, 1.165) is 24.2 Å². The molecule has 0 unspecified atom stereocenters. The second-order valence-corrected chi connectivity index (χ2v) is 4.17. The SMILES string of the molecule is COc1cccc(CCc2ccc(O)c(O)c2)c1. The zero-order chi connectivity index (χ0) is 13.0. The van der Waals surface area contributed by atoms with E-state index in [9.17, 15) is 10.2 Å². The molecule has 2 aromatic carbocycles. The van der Waals surface area contributed by atoms with Crippen molar-refractivity contribution in [3.05, 3.63) is 53.6 Å². The summed E-state index contributed by atoms with van der Waals surface area (Å²) in [6.45, 7) is 0. The third-order valence-corrected chi connectivity index (χ3v) is 2.88. The van der Waals surface area contributed by atoms with Crippen LogP contribution in [0.3, 0.4) is 0 Å². The highest BCUT2D eigenvalue weighted by Crippen LogP contribution is 2.25. The van der Waals surface area contributed by atoms with Gasteiger partial charge in [-0.05, 0) is 48.2 Å². The lowest BCUT2D eigenvalue weighted by atomic mass is 10.0. The van der Waals surface area contributed by atoms with Crippen LogP contribution in [-0.4, -0.2) is 17.3 Å². The van der Waals surface area contributed by atoms with Crippen LogP contribution in [0, 0.1) is 0 Å². The van der Waals surface area contributed by atoms with Crippen molar-refractivity contribution < 1.29 is 14.9 Å². The molecule has 0 aliphatic carbocycles. The van der Waals surface area contributed by atoms with E-state index in [1.807, 2.05) is 30.3 Å². The highest BCUT2D eigenvalue weighted by Gasteiger charge is 2.02. The van der Waals surface area contributed by atoms with Crippen molar-refractivity contribution in [3.63, 3.8) is 0 Å². The lowest BCUT2D eigenvalue weighted by molar-refractivity contribution is 0.403. The minimum absolute atomic E-state index is 0.0712. The van der Waals surface area contributed by atoms with Crippen molar-refractivity contribution >= 4 is 0 Å². The third kappa shape index (κ3) is 2.94. The highest BCUT2D eigenvalue weighted by atomic mass is 16.5. The average molecular weight is 244 g/mol. The smallest absolute Gasteiger partial charge is 0.157 e. The van der Waals surface area contributed by atoms with Crippen LogP contribution in [0.25, 0.3) is 0 Å². The second kappa shape index (κ2) is 5.45. The van der Waals surface area contributed by atoms with E-state index in [1.165, 1.54) is 11.6 Å². The summed E-state index contributed by atoms with van der Waals surface area (Å²) in [4.78, 5) is 0. The molecule has 0 heterocycles. The zero-order valence-electron chi connectivity index (χ0n) is 10.3. The summed E-state index contributed by atoms with van der Waals surface area (Å²) in [7, 11) is 1.65. The molecule has 2 N–H and O–H groups in total. The summed E-state index contributed by atoms with van der Waals surface area (Å²) in [6, 6.07) is 12.8. The lowest BCUT2D eigenvalue weighted by Gasteiger charge is -2.06. The molecule has 2 rings (SSSR count). The predicted octanol–water partition coefficient (Wildman–Crippen LogP) is 2.89. The van der Waals surface area contributed by atoms with Gasteiger partial charge >= 0.3 is 0 Å². The van der Waals surface area contributed by atoms with E-state index >= 15 is 0 Å². The number of aryl methyl sites for hydroxylation is 2. The quantitative estimate of drug-likeness (QED) is 0.813. The summed E-state index contributed by atoms with van der Waals surface area (Å²) < 4.78 is 5.17. The van der Waals surface area contributed by atoms with Gasteiger partial charge in [-0.3, -0.25) is 0 Å². The van der Waals surface area contributed by atoms with Gasteiger partial charge in [-0.2, -0.15) is 0 Å². The van der Waals surface area contributed by atoms with Crippen LogP contribution in [-0.2, 0) is 12.8 Å². The van der Waals surface area contributed by atoms with Gasteiger partial charge in [0.25, 0.3) is 0 Å². The summed E-state index contributed by atoms with van der Waals surface area (Å²) in [5.41, 5.74) is 2.18. The van der Waals surface area contributed by atoms with Crippen LogP contribution in [0.15, 0.2) is 42.5 Å². The number of rotatable bonds is 4. The van der Waals surface area contributed by atoms with Gasteiger partial charge in [-0.25, -0.2) is 0 Å². The highest BCUT2D eigenvalue weighted by molar-refractivity contribution is 5.40. The summed E-state index contributed by atoms with van der Waals surface area (Å²) in [5, 5.41) is 18.6. The zero-order valence-corrected chi connectivity index (χ0v) is 10.3. The second-order valence-electron chi connectivity index (χ2n) is 4.17. The Hall–Kier alpha value is -2.16. The van der Waals surface area contributed by atoms with Gasteiger partial charge < -0.3 is 14.9 Å². The number of hydrogen-bond acceptors (Lipinski definition) is 3. The molecule has 0 fully saturated rings. The van der Waals surface area contributed by atoms with Crippen LogP contribution in [0.5, 0.6) is 17.2 Å². The molecule has 3 heteroatoms. The molecular weight excluding hydrogens is 228 g/mol. The normalized spacial score (nSPS) is 10.3. The van der Waals surface area contributed by atoms with Gasteiger partial charge in [0.1, 0.15) is 5.75 Å². The molecule has 0 atom stereocenters. The van der Waals surface area contributed by atoms with Gasteiger partial charge in [-0.15, -0.1) is 0 Å². The molecule has 0 spiro atoms. The van der Waals surface area contributed by atoms with Crippen molar-refractivity contribution in [2.24, 2.45) is 0 Å². The predicted molar refractivity (Wildman–Crippen MR) is 70.2 cm³/mol. The van der Waals surface area contributed by atoms with Gasteiger partial charge in [-0.1, -0.05) is 18.2 Å². The van der Waals surface area contributed by atoms with Crippen LogP contribution < -0.4 is 4.74 Å². The van der Waals surface area contributed by atoms with Crippen molar-refractivity contribution in [2.45, 2.75) is 12.8 Å². The molecule has 0 aliphatic rings. The van der Waals surface area contributed by atoms with Gasteiger partial charge in [0.05, 0.1) is 7.11 Å². The van der Waals surface area contributed by atoms with Crippen molar-refractivity contribution in [2.75, 3.05) is 7.11 Å². The molecule has 18 heavy (non-hydrogen) atoms. The van der Waals surface area contributed by atoms with Gasteiger partial charge in [0, 0.05) is 0 Å². The summed E-state index contributed by atoms with van der Waals surface area (Å²) in [5.74, 6) is 0.694. The first-order chi connectivity index (χ1) is 8.69. The third-order valence-electron chi connectivity index (χ3n) is 2.88. The van der Waals surface area contributed by atoms with Crippen molar-refractivity contribution in [1.29, 1.82) is 0 Å². The Balaban J connectivity index is 2.04. The fraction of sp³-hybridized carbons (Fsp3) is 0.200. The Morgan fingerprint density at radius 2 is 1.61 bits per heavy atom. The molecular formula is C15H16O3. The standard InChI is InChI=1S/C15H16O3/c1-18-13-4-2-3-11(9-13)5-6-12-7-8-14(16)15(17)10-12/h2-4,7-10,16-17H,5-6H2,1H3. The molecule has 0 saturated heterocycles. The largest absolute Gasteiger partial charge is 0.504 e. The number of hydrogen-bond donors (Lipinski definition) is 2. The molecule has 0 bridgehead atoms. The fourth-order valence-electron chi connectivity index (χ4n) is 1.84. The van der Waals surface area contributed by atoms with Crippen LogP contribution in [0.1, 0.15) is 11.1 Å². The average Bonchev–Trinajstić information content (AvgIpc) is 2.40. The maximum absolute atomic E-state index is 9.41. The van der Waals surface area contributed by atoms with Crippen LogP contribution in [0.2, 0.25) is 0 Å². The van der Waals surface area contributed by atoms with E-state index in [1.54, 1.807) is 13.2 Å². The van der Waals surface area contributed by atoms with Crippen LogP contribution >= 0.6 is 0 Å². The molecule has 0 radical (unpaired) electrons. The minimum Gasteiger partial charge on any atom is -0.504 e. The Kier molecular flexibility index (Phi) is 3.72. The minimum atomic E-state index is -0.0832. The lowest BCUT2D eigenvalue weighted by Crippen LogP contribution is -1.92. The fourth-order valence-corrected chi connectivity index (χ4v) is 1.84. The van der Waals surface area contributed by atoms with E-state index in [-0.39, 0.29) is 11.5 Å². The maximum Gasteiger partial charge on any atom is 0.157 e. The van der Waals surface area contributed by atoms with Gasteiger partial charge in [0.2, 0.25) is 0 Å². The van der Waals surface area contributed by atoms with E-state index in [2.05, 4.69) is 0 Å². The number of aromatic hydroxyl groups is 2. The first-order valence-corrected chi connectivity index (χ1v) is 5.83. The molecule has 0 aromatic heterocycles. The Bertz CT molecular complexity index is 535. The first-order valence-electron chi connectivity index (χ1n) is 5.83. The number of methoxy groups -OCH3 is 1. The van der Waals surface area contributed by atoms with Gasteiger partial charge in [0.15, 0.2) is 11.5 Å². The van der Waals surface area contributed by atoms with Crippen LogP contribution in [0.4, 0.5) is 0 Å². The van der Waals surface area contributed by atoms with Crippen molar-refractivity contribution in [1.82, 2.24) is 0 Å². The topological polar surface area (TPSA) is 49.7 Å². The monoisotopic (exact) mass is 244 g/mol. The summed E-state index contributed by atoms with van der Waals surface area (Å²) in [6.07, 6.45) is 1.67. The molecule has 0 amide bonds. The molecule has 0 aliphatic heterocycles. The number of phenolic OH excluding ortho intramolecular Hbond substituents is 2. The molecule has 0 saturated carbocycles. The maximum atomic E-state index is 9.41. The Labute approximate surface area is 106 Å².